The molecule has 0 aromatic carbocycles. The molecule has 3 fully saturated rings. The summed E-state index contributed by atoms with van der Waals surface area (Å²) in [5, 5.41) is 11.1. The van der Waals surface area contributed by atoms with Crippen LogP contribution < -0.4 is 4.74 Å². The van der Waals surface area contributed by atoms with Crippen molar-refractivity contribution < 1.29 is 14.6 Å². The number of aliphatic hydroxyl groups is 1. The van der Waals surface area contributed by atoms with E-state index in [1.165, 1.54) is 6.42 Å². The van der Waals surface area contributed by atoms with Gasteiger partial charge >= 0.3 is 0 Å². The minimum atomic E-state index is -0.619. The molecule has 1 aliphatic carbocycles. The van der Waals surface area contributed by atoms with E-state index < -0.39 is 5.60 Å². The van der Waals surface area contributed by atoms with Crippen molar-refractivity contribution in [2.75, 3.05) is 33.3 Å². The minimum Gasteiger partial charge on any atom is -0.481 e. The van der Waals surface area contributed by atoms with Crippen LogP contribution in [0.2, 0.25) is 0 Å². The van der Waals surface area contributed by atoms with Gasteiger partial charge in [-0.3, -0.25) is 9.69 Å². The third kappa shape index (κ3) is 3.32. The lowest BCUT2D eigenvalue weighted by molar-refractivity contribution is -0.153. The molecular formula is C20H29N3O3. The standard InChI is InChI=1S/C20H29N3O3/c1-26-18-16(6-3-9-21-18)12-22-10-7-20(25)8-11-23(14-17(20)13-22)19(24)15-4-2-5-15/h3,6,9,15,17,25H,2,4-5,7-8,10-14H2,1H3/t17-,20-/m1/s1. The maximum absolute atomic E-state index is 12.6. The Kier molecular flexibility index (Phi) is 4.88. The van der Waals surface area contributed by atoms with Gasteiger partial charge in [-0.2, -0.15) is 0 Å². The number of hydrogen-bond donors (Lipinski definition) is 1. The van der Waals surface area contributed by atoms with E-state index in [2.05, 4.69) is 9.88 Å². The molecule has 0 bridgehead atoms. The summed E-state index contributed by atoms with van der Waals surface area (Å²) in [4.78, 5) is 21.3. The number of carbonyl (C=O) groups excluding carboxylic acids is 1. The van der Waals surface area contributed by atoms with Crippen molar-refractivity contribution in [2.24, 2.45) is 11.8 Å². The first-order chi connectivity index (χ1) is 12.6. The number of hydrogen-bond acceptors (Lipinski definition) is 5. The SMILES string of the molecule is COc1ncccc1CN1CC[C@@]2(O)CCN(C(=O)C3CCC3)C[C@H]2C1. The normalized spacial score (nSPS) is 29.8. The van der Waals surface area contributed by atoms with Crippen molar-refractivity contribution in [3.63, 3.8) is 0 Å². The van der Waals surface area contributed by atoms with Crippen LogP contribution in [0.3, 0.4) is 0 Å². The Balaban J connectivity index is 1.42. The molecule has 6 heteroatoms. The Hall–Kier alpha value is -1.66. The van der Waals surface area contributed by atoms with Gasteiger partial charge in [0.1, 0.15) is 0 Å². The van der Waals surface area contributed by atoms with E-state index in [9.17, 15) is 9.90 Å². The predicted octanol–water partition coefficient (Wildman–Crippen LogP) is 1.68. The van der Waals surface area contributed by atoms with Gasteiger partial charge in [0.05, 0.1) is 12.7 Å². The second kappa shape index (κ2) is 7.16. The Bertz CT molecular complexity index is 663. The molecular weight excluding hydrogens is 330 g/mol. The Morgan fingerprint density at radius 2 is 2.15 bits per heavy atom. The zero-order valence-electron chi connectivity index (χ0n) is 15.6. The van der Waals surface area contributed by atoms with E-state index in [0.717, 1.165) is 44.5 Å². The van der Waals surface area contributed by atoms with Crippen LogP contribution >= 0.6 is 0 Å². The van der Waals surface area contributed by atoms with Crippen molar-refractivity contribution in [3.8, 4) is 5.88 Å². The highest BCUT2D eigenvalue weighted by Crippen LogP contribution is 2.38. The maximum Gasteiger partial charge on any atom is 0.225 e. The molecule has 0 unspecified atom stereocenters. The van der Waals surface area contributed by atoms with Crippen molar-refractivity contribution >= 4 is 5.91 Å². The lowest BCUT2D eigenvalue weighted by atomic mass is 9.74. The van der Waals surface area contributed by atoms with Crippen LogP contribution in [0.4, 0.5) is 0 Å². The number of carbonyl (C=O) groups is 1. The van der Waals surface area contributed by atoms with Gasteiger partial charge in [0.2, 0.25) is 11.8 Å². The first-order valence-corrected chi connectivity index (χ1v) is 9.80. The molecule has 6 nitrogen and oxygen atoms in total. The summed E-state index contributed by atoms with van der Waals surface area (Å²) in [6, 6.07) is 3.97. The van der Waals surface area contributed by atoms with Crippen molar-refractivity contribution in [1.82, 2.24) is 14.8 Å². The Labute approximate surface area is 155 Å². The second-order valence-electron chi connectivity index (χ2n) is 8.12. The van der Waals surface area contributed by atoms with Gasteiger partial charge in [0.25, 0.3) is 0 Å². The molecule has 0 radical (unpaired) electrons. The zero-order valence-corrected chi connectivity index (χ0v) is 15.6. The van der Waals surface area contributed by atoms with Gasteiger partial charge < -0.3 is 14.7 Å². The van der Waals surface area contributed by atoms with Gasteiger partial charge in [-0.1, -0.05) is 12.5 Å². The number of piperidine rings is 2. The minimum absolute atomic E-state index is 0.122. The molecule has 0 spiro atoms. The summed E-state index contributed by atoms with van der Waals surface area (Å²) in [5.41, 5.74) is 0.449. The fraction of sp³-hybridized carbons (Fsp3) is 0.700. The number of fused-ring (bicyclic) bond motifs is 1. The van der Waals surface area contributed by atoms with Gasteiger partial charge in [-0.25, -0.2) is 4.98 Å². The second-order valence-corrected chi connectivity index (χ2v) is 8.12. The number of amides is 1. The van der Waals surface area contributed by atoms with Crippen LogP contribution in [0, 0.1) is 11.8 Å². The number of ether oxygens (including phenoxy) is 1. The van der Waals surface area contributed by atoms with Crippen LogP contribution in [0.5, 0.6) is 5.88 Å². The topological polar surface area (TPSA) is 65.9 Å². The summed E-state index contributed by atoms with van der Waals surface area (Å²) < 4.78 is 5.37. The summed E-state index contributed by atoms with van der Waals surface area (Å²) in [7, 11) is 1.64. The summed E-state index contributed by atoms with van der Waals surface area (Å²) >= 11 is 0. The van der Waals surface area contributed by atoms with Crippen LogP contribution in [0.15, 0.2) is 18.3 Å². The molecule has 2 atom stereocenters. The molecule has 142 valence electrons. The van der Waals surface area contributed by atoms with Gasteiger partial charge in [-0.15, -0.1) is 0 Å². The molecule has 4 rings (SSSR count). The van der Waals surface area contributed by atoms with Crippen LogP contribution in [-0.4, -0.2) is 64.7 Å². The van der Waals surface area contributed by atoms with Gasteiger partial charge in [-0.05, 0) is 31.7 Å². The van der Waals surface area contributed by atoms with E-state index in [0.29, 0.717) is 31.3 Å². The van der Waals surface area contributed by atoms with Gasteiger partial charge in [0, 0.05) is 56.3 Å². The number of rotatable bonds is 4. The van der Waals surface area contributed by atoms with E-state index in [1.54, 1.807) is 13.3 Å². The monoisotopic (exact) mass is 359 g/mol. The number of methoxy groups -OCH3 is 1. The summed E-state index contributed by atoms with van der Waals surface area (Å²) in [6.07, 6.45) is 6.47. The third-order valence-corrected chi connectivity index (χ3v) is 6.56. The fourth-order valence-electron chi connectivity index (χ4n) is 4.60. The van der Waals surface area contributed by atoms with E-state index in [4.69, 9.17) is 4.74 Å². The first kappa shape index (κ1) is 17.7. The molecule has 26 heavy (non-hydrogen) atoms. The summed E-state index contributed by atoms with van der Waals surface area (Å²) in [6.45, 7) is 3.83. The molecule has 1 saturated carbocycles. The molecule has 2 saturated heterocycles. The van der Waals surface area contributed by atoms with Crippen LogP contribution in [0.25, 0.3) is 0 Å². The smallest absolute Gasteiger partial charge is 0.225 e. The Morgan fingerprint density at radius 1 is 1.35 bits per heavy atom. The first-order valence-electron chi connectivity index (χ1n) is 9.80. The highest BCUT2D eigenvalue weighted by Gasteiger charge is 2.46. The number of likely N-dealkylation sites (tertiary alicyclic amines) is 2. The largest absolute Gasteiger partial charge is 0.481 e. The summed E-state index contributed by atoms with van der Waals surface area (Å²) in [5.74, 6) is 1.33. The fourth-order valence-corrected chi connectivity index (χ4v) is 4.60. The molecule has 3 aliphatic rings. The highest BCUT2D eigenvalue weighted by atomic mass is 16.5. The van der Waals surface area contributed by atoms with Crippen molar-refractivity contribution in [1.29, 1.82) is 0 Å². The van der Waals surface area contributed by atoms with Gasteiger partial charge in [0.15, 0.2) is 0 Å². The number of aromatic nitrogens is 1. The maximum atomic E-state index is 12.6. The number of nitrogens with zero attached hydrogens (tertiary/aromatic N) is 3. The third-order valence-electron chi connectivity index (χ3n) is 6.56. The molecule has 2 aliphatic heterocycles. The van der Waals surface area contributed by atoms with Crippen LogP contribution in [-0.2, 0) is 11.3 Å². The molecule has 1 N–H and O–H groups in total. The van der Waals surface area contributed by atoms with Crippen molar-refractivity contribution in [3.05, 3.63) is 23.9 Å². The van der Waals surface area contributed by atoms with Crippen LogP contribution in [0.1, 0.15) is 37.7 Å². The Morgan fingerprint density at radius 3 is 2.88 bits per heavy atom. The highest BCUT2D eigenvalue weighted by molar-refractivity contribution is 5.79. The molecule has 3 heterocycles. The average Bonchev–Trinajstić information content (AvgIpc) is 2.60. The van der Waals surface area contributed by atoms with E-state index >= 15 is 0 Å². The quantitative estimate of drug-likeness (QED) is 0.886. The molecule has 1 aromatic rings. The van der Waals surface area contributed by atoms with E-state index in [-0.39, 0.29) is 11.8 Å². The average molecular weight is 359 g/mol. The van der Waals surface area contributed by atoms with Crippen molar-refractivity contribution in [2.45, 2.75) is 44.2 Å². The lowest BCUT2D eigenvalue weighted by Crippen LogP contribution is -2.61. The lowest BCUT2D eigenvalue weighted by Gasteiger charge is -2.51. The van der Waals surface area contributed by atoms with E-state index in [1.807, 2.05) is 17.0 Å². The predicted molar refractivity (Wildman–Crippen MR) is 97.7 cm³/mol. The molecule has 1 amide bonds. The molecule has 1 aromatic heterocycles. The number of pyridine rings is 1. The zero-order chi connectivity index (χ0) is 18.1.